The van der Waals surface area contributed by atoms with E-state index in [0.29, 0.717) is 5.71 Å². The molecule has 0 heterocycles. The Hall–Kier alpha value is -2.10. The Morgan fingerprint density at radius 2 is 1.94 bits per heavy atom. The van der Waals surface area contributed by atoms with Crippen LogP contribution in [0.4, 0.5) is 0 Å². The molecular weight excluding hydrogens is 216 g/mol. The number of para-hydroxylation sites is 1. The molecule has 0 bridgehead atoms. The molecule has 0 unspecified atom stereocenters. The summed E-state index contributed by atoms with van der Waals surface area (Å²) in [7, 11) is 0. The van der Waals surface area contributed by atoms with Crippen molar-refractivity contribution in [3.8, 4) is 5.75 Å². The number of aromatic hydroxyl groups is 1. The van der Waals surface area contributed by atoms with Crippen LogP contribution in [-0.4, -0.2) is 16.7 Å². The molecule has 2 N–H and O–H groups in total. The average Bonchev–Trinajstić information content (AvgIpc) is 2.25. The van der Waals surface area contributed by atoms with E-state index in [1.165, 1.54) is 12.1 Å². The first kappa shape index (κ1) is 13.0. The molecule has 1 amide bonds. The molecule has 1 aromatic rings. The van der Waals surface area contributed by atoms with Crippen molar-refractivity contribution in [1.29, 1.82) is 0 Å². The molecule has 90 valence electrons. The molecule has 17 heavy (non-hydrogen) atoms. The highest BCUT2D eigenvalue weighted by Crippen LogP contribution is 2.14. The standard InChI is InChI=1S/C13H16N2O2/c1-9(2)8-10(3)14-15-13(17)11-6-4-5-7-12(11)16/h4-8,16H,1-3H3,(H,15,17)/b14-10+. The second kappa shape index (κ2) is 5.84. The molecule has 1 aromatic carbocycles. The molecule has 0 saturated carbocycles. The number of hydrazone groups is 1. The van der Waals surface area contributed by atoms with Gasteiger partial charge in [-0.1, -0.05) is 17.7 Å². The largest absolute Gasteiger partial charge is 0.507 e. The van der Waals surface area contributed by atoms with Crippen LogP contribution >= 0.6 is 0 Å². The fraction of sp³-hybridized carbons (Fsp3) is 0.231. The lowest BCUT2D eigenvalue weighted by Crippen LogP contribution is -2.18. The third kappa shape index (κ3) is 4.10. The molecule has 4 heteroatoms. The third-order valence-electron chi connectivity index (χ3n) is 1.98. The number of carbonyl (C=O) groups excluding carboxylic acids is 1. The summed E-state index contributed by atoms with van der Waals surface area (Å²) in [6.45, 7) is 5.69. The van der Waals surface area contributed by atoms with E-state index < -0.39 is 5.91 Å². The first-order valence-corrected chi connectivity index (χ1v) is 5.28. The summed E-state index contributed by atoms with van der Waals surface area (Å²) in [6.07, 6.45) is 1.85. The van der Waals surface area contributed by atoms with E-state index in [1.807, 2.05) is 19.9 Å². The van der Waals surface area contributed by atoms with Crippen molar-refractivity contribution in [3.05, 3.63) is 41.5 Å². The molecule has 0 fully saturated rings. The Kier molecular flexibility index (Phi) is 4.46. The van der Waals surface area contributed by atoms with Gasteiger partial charge in [0.1, 0.15) is 5.75 Å². The van der Waals surface area contributed by atoms with Gasteiger partial charge in [0.15, 0.2) is 0 Å². The van der Waals surface area contributed by atoms with Gasteiger partial charge in [0.2, 0.25) is 0 Å². The van der Waals surface area contributed by atoms with E-state index in [2.05, 4.69) is 10.5 Å². The van der Waals surface area contributed by atoms with Crippen LogP contribution < -0.4 is 5.43 Å². The quantitative estimate of drug-likeness (QED) is 0.621. The normalized spacial score (nSPS) is 10.9. The van der Waals surface area contributed by atoms with Gasteiger partial charge in [-0.25, -0.2) is 5.43 Å². The number of hydrogen-bond donors (Lipinski definition) is 2. The summed E-state index contributed by atoms with van der Waals surface area (Å²) in [5.74, 6) is -0.482. The highest BCUT2D eigenvalue weighted by Gasteiger charge is 2.08. The Morgan fingerprint density at radius 1 is 1.29 bits per heavy atom. The maximum absolute atomic E-state index is 11.7. The summed E-state index contributed by atoms with van der Waals surface area (Å²) in [4.78, 5) is 11.7. The molecule has 0 aromatic heterocycles. The monoisotopic (exact) mass is 232 g/mol. The van der Waals surface area contributed by atoms with E-state index in [4.69, 9.17) is 0 Å². The second-order valence-corrected chi connectivity index (χ2v) is 3.93. The van der Waals surface area contributed by atoms with Crippen molar-refractivity contribution in [1.82, 2.24) is 5.43 Å². The van der Waals surface area contributed by atoms with Crippen molar-refractivity contribution < 1.29 is 9.90 Å². The molecular formula is C13H16N2O2. The Morgan fingerprint density at radius 3 is 2.53 bits per heavy atom. The van der Waals surface area contributed by atoms with E-state index in [9.17, 15) is 9.90 Å². The Bertz CT molecular complexity index is 472. The number of nitrogens with one attached hydrogen (secondary N) is 1. The number of hydrogen-bond acceptors (Lipinski definition) is 3. The summed E-state index contributed by atoms with van der Waals surface area (Å²) < 4.78 is 0. The predicted molar refractivity (Wildman–Crippen MR) is 68.1 cm³/mol. The number of carbonyl (C=O) groups is 1. The van der Waals surface area contributed by atoms with Crippen molar-refractivity contribution >= 4 is 11.6 Å². The zero-order chi connectivity index (χ0) is 12.8. The zero-order valence-electron chi connectivity index (χ0n) is 10.2. The summed E-state index contributed by atoms with van der Waals surface area (Å²) in [5.41, 5.74) is 4.40. The topological polar surface area (TPSA) is 61.7 Å². The lowest BCUT2D eigenvalue weighted by Gasteiger charge is -2.02. The molecule has 0 aliphatic carbocycles. The number of allylic oxidation sites excluding steroid dienone is 2. The smallest absolute Gasteiger partial charge is 0.275 e. The fourth-order valence-corrected chi connectivity index (χ4v) is 1.31. The number of benzene rings is 1. The van der Waals surface area contributed by atoms with Crippen LogP contribution in [0.15, 0.2) is 41.0 Å². The first-order valence-electron chi connectivity index (χ1n) is 5.28. The molecule has 0 spiro atoms. The van der Waals surface area contributed by atoms with Crippen LogP contribution in [0.1, 0.15) is 31.1 Å². The van der Waals surface area contributed by atoms with Crippen LogP contribution in [0.2, 0.25) is 0 Å². The molecule has 0 aliphatic rings. The molecule has 0 radical (unpaired) electrons. The van der Waals surface area contributed by atoms with Crippen LogP contribution in [-0.2, 0) is 0 Å². The summed E-state index contributed by atoms with van der Waals surface area (Å²) in [6, 6.07) is 6.34. The van der Waals surface area contributed by atoms with Crippen molar-refractivity contribution in [3.63, 3.8) is 0 Å². The van der Waals surface area contributed by atoms with Gasteiger partial charge >= 0.3 is 0 Å². The van der Waals surface area contributed by atoms with Gasteiger partial charge in [-0.05, 0) is 39.0 Å². The zero-order valence-corrected chi connectivity index (χ0v) is 10.2. The minimum absolute atomic E-state index is 0.0555. The SMILES string of the molecule is CC(C)=C/C(C)=N/NC(=O)c1ccccc1O. The highest BCUT2D eigenvalue weighted by molar-refractivity contribution is 5.99. The highest BCUT2D eigenvalue weighted by atomic mass is 16.3. The van der Waals surface area contributed by atoms with Crippen molar-refractivity contribution in [2.75, 3.05) is 0 Å². The molecule has 4 nitrogen and oxygen atoms in total. The summed E-state index contributed by atoms with van der Waals surface area (Å²) in [5, 5.41) is 13.4. The van der Waals surface area contributed by atoms with Crippen LogP contribution in [0, 0.1) is 0 Å². The van der Waals surface area contributed by atoms with E-state index in [-0.39, 0.29) is 11.3 Å². The first-order chi connectivity index (χ1) is 8.00. The van der Waals surface area contributed by atoms with Gasteiger partial charge in [-0.3, -0.25) is 4.79 Å². The average molecular weight is 232 g/mol. The van der Waals surface area contributed by atoms with Crippen molar-refractivity contribution in [2.24, 2.45) is 5.10 Å². The van der Waals surface area contributed by atoms with E-state index in [0.717, 1.165) is 5.57 Å². The van der Waals surface area contributed by atoms with Crippen LogP contribution in [0.25, 0.3) is 0 Å². The summed E-state index contributed by atoms with van der Waals surface area (Å²) >= 11 is 0. The minimum Gasteiger partial charge on any atom is -0.507 e. The van der Waals surface area contributed by atoms with Gasteiger partial charge in [0, 0.05) is 0 Å². The van der Waals surface area contributed by atoms with Crippen molar-refractivity contribution in [2.45, 2.75) is 20.8 Å². The minimum atomic E-state index is -0.426. The Labute approximate surface area is 101 Å². The van der Waals surface area contributed by atoms with Crippen LogP contribution in [0.3, 0.4) is 0 Å². The van der Waals surface area contributed by atoms with Gasteiger partial charge < -0.3 is 5.11 Å². The maximum atomic E-state index is 11.7. The number of phenols is 1. The third-order valence-corrected chi connectivity index (χ3v) is 1.98. The fourth-order valence-electron chi connectivity index (χ4n) is 1.31. The second-order valence-electron chi connectivity index (χ2n) is 3.93. The molecule has 1 rings (SSSR count). The number of phenolic OH excluding ortho intramolecular Hbond substituents is 1. The van der Waals surface area contributed by atoms with Gasteiger partial charge in [-0.2, -0.15) is 5.10 Å². The lowest BCUT2D eigenvalue weighted by molar-refractivity contribution is 0.0952. The molecule has 0 saturated heterocycles. The van der Waals surface area contributed by atoms with Gasteiger partial charge in [-0.15, -0.1) is 0 Å². The van der Waals surface area contributed by atoms with Gasteiger partial charge in [0.25, 0.3) is 5.91 Å². The predicted octanol–water partition coefficient (Wildman–Crippen LogP) is 2.46. The lowest BCUT2D eigenvalue weighted by atomic mass is 10.2. The van der Waals surface area contributed by atoms with E-state index in [1.54, 1.807) is 19.1 Å². The van der Waals surface area contributed by atoms with Gasteiger partial charge in [0.05, 0.1) is 11.3 Å². The van der Waals surface area contributed by atoms with E-state index >= 15 is 0 Å². The van der Waals surface area contributed by atoms with Crippen LogP contribution in [0.5, 0.6) is 5.75 Å². The maximum Gasteiger partial charge on any atom is 0.275 e. The molecule has 0 aliphatic heterocycles. The number of amides is 1. The molecule has 0 atom stereocenters. The number of rotatable bonds is 3. The Balaban J connectivity index is 2.75. The number of nitrogens with zero attached hydrogens (tertiary/aromatic N) is 1.